The standard InChI is InChI=1S/C30H21FS/c31-23-20-18-22(19-21-23)26-15-9-16-28-27-14-7-8-17-29(27)32(30(26)28,24-10-3-1-4-11-24)25-12-5-2-6-13-25/h1-21H. The molecule has 1 heterocycles. The molecule has 0 N–H and O–H groups in total. The minimum absolute atomic E-state index is 0.214. The molecule has 0 nitrogen and oxygen atoms in total. The Morgan fingerprint density at radius 3 is 1.62 bits per heavy atom. The summed E-state index contributed by atoms with van der Waals surface area (Å²) in [5.41, 5.74) is 4.76. The molecular formula is C30H21FS. The summed E-state index contributed by atoms with van der Waals surface area (Å²) >= 11 is 0. The lowest BCUT2D eigenvalue weighted by molar-refractivity contribution is 0.628. The zero-order valence-corrected chi connectivity index (χ0v) is 18.2. The van der Waals surface area contributed by atoms with Gasteiger partial charge in [-0.25, -0.2) is 4.39 Å². The van der Waals surface area contributed by atoms with Gasteiger partial charge in [0.1, 0.15) is 5.82 Å². The van der Waals surface area contributed by atoms with E-state index in [1.54, 1.807) is 12.1 Å². The molecule has 6 rings (SSSR count). The van der Waals surface area contributed by atoms with Gasteiger partial charge < -0.3 is 0 Å². The third kappa shape index (κ3) is 2.70. The van der Waals surface area contributed by atoms with Crippen LogP contribution in [0, 0.1) is 5.82 Å². The fourth-order valence-electron chi connectivity index (χ4n) is 4.88. The van der Waals surface area contributed by atoms with Crippen LogP contribution in [0.2, 0.25) is 0 Å². The topological polar surface area (TPSA) is 0 Å². The summed E-state index contributed by atoms with van der Waals surface area (Å²) in [6.45, 7) is 0. The van der Waals surface area contributed by atoms with E-state index in [0.717, 1.165) is 5.56 Å². The van der Waals surface area contributed by atoms with Crippen molar-refractivity contribution in [3.63, 3.8) is 0 Å². The Morgan fingerprint density at radius 1 is 0.438 bits per heavy atom. The minimum atomic E-state index is -1.72. The van der Waals surface area contributed by atoms with Gasteiger partial charge in [0.2, 0.25) is 0 Å². The van der Waals surface area contributed by atoms with Gasteiger partial charge in [-0.1, -0.05) is 84.9 Å². The smallest absolute Gasteiger partial charge is 0.123 e. The van der Waals surface area contributed by atoms with E-state index in [2.05, 4.69) is 103 Å². The van der Waals surface area contributed by atoms with Crippen LogP contribution in [-0.2, 0) is 0 Å². The molecule has 1 aliphatic heterocycles. The van der Waals surface area contributed by atoms with E-state index >= 15 is 0 Å². The maximum atomic E-state index is 13.8. The molecule has 1 aliphatic rings. The van der Waals surface area contributed by atoms with Crippen LogP contribution in [0.3, 0.4) is 0 Å². The van der Waals surface area contributed by atoms with Crippen molar-refractivity contribution < 1.29 is 4.39 Å². The summed E-state index contributed by atoms with van der Waals surface area (Å²) in [5, 5.41) is 0. The van der Waals surface area contributed by atoms with Gasteiger partial charge in [-0.15, -0.1) is 10.0 Å². The molecule has 5 aromatic rings. The van der Waals surface area contributed by atoms with E-state index in [0.29, 0.717) is 0 Å². The molecule has 0 spiro atoms. The summed E-state index contributed by atoms with van der Waals surface area (Å²) < 4.78 is 13.8. The molecule has 0 radical (unpaired) electrons. The fraction of sp³-hybridized carbons (Fsp3) is 0. The van der Waals surface area contributed by atoms with Crippen LogP contribution < -0.4 is 0 Å². The predicted molar refractivity (Wildman–Crippen MR) is 131 cm³/mol. The van der Waals surface area contributed by atoms with Gasteiger partial charge in [-0.2, -0.15) is 0 Å². The molecule has 0 fully saturated rings. The zero-order chi connectivity index (χ0) is 21.5. The van der Waals surface area contributed by atoms with Crippen LogP contribution in [0.15, 0.2) is 147 Å². The second-order valence-electron chi connectivity index (χ2n) is 7.92. The number of rotatable bonds is 3. The van der Waals surface area contributed by atoms with Crippen molar-refractivity contribution in [3.05, 3.63) is 133 Å². The molecule has 0 saturated carbocycles. The summed E-state index contributed by atoms with van der Waals surface area (Å²) in [5.74, 6) is -0.214. The molecule has 154 valence electrons. The van der Waals surface area contributed by atoms with Crippen molar-refractivity contribution in [1.29, 1.82) is 0 Å². The van der Waals surface area contributed by atoms with E-state index in [9.17, 15) is 4.39 Å². The van der Waals surface area contributed by atoms with Gasteiger partial charge in [0.05, 0.1) is 0 Å². The van der Waals surface area contributed by atoms with Crippen LogP contribution in [0.4, 0.5) is 4.39 Å². The van der Waals surface area contributed by atoms with E-state index in [1.165, 1.54) is 36.3 Å². The number of fused-ring (bicyclic) bond motifs is 3. The molecule has 0 amide bonds. The monoisotopic (exact) mass is 432 g/mol. The Kier molecular flexibility index (Phi) is 4.48. The Labute approximate surface area is 189 Å². The van der Waals surface area contributed by atoms with Crippen LogP contribution in [-0.4, -0.2) is 0 Å². The van der Waals surface area contributed by atoms with Crippen molar-refractivity contribution in [3.8, 4) is 22.3 Å². The Morgan fingerprint density at radius 2 is 0.969 bits per heavy atom. The Balaban J connectivity index is 1.80. The Hall–Kier alpha value is -3.62. The van der Waals surface area contributed by atoms with E-state index < -0.39 is 10.0 Å². The summed E-state index contributed by atoms with van der Waals surface area (Å²) in [4.78, 5) is 5.33. The molecule has 0 aromatic heterocycles. The molecule has 0 unspecified atom stereocenters. The number of halogens is 1. The molecule has 2 heteroatoms. The largest absolute Gasteiger partial charge is 0.207 e. The van der Waals surface area contributed by atoms with E-state index in [-0.39, 0.29) is 5.82 Å². The second kappa shape index (κ2) is 7.51. The van der Waals surface area contributed by atoms with Gasteiger partial charge in [-0.05, 0) is 64.7 Å². The third-order valence-corrected chi connectivity index (χ3v) is 10.2. The highest BCUT2D eigenvalue weighted by molar-refractivity contribution is 8.34. The first-order valence-electron chi connectivity index (χ1n) is 10.7. The van der Waals surface area contributed by atoms with Crippen LogP contribution >= 0.6 is 10.0 Å². The highest BCUT2D eigenvalue weighted by Crippen LogP contribution is 2.81. The number of hydrogen-bond acceptors (Lipinski definition) is 0. The predicted octanol–water partition coefficient (Wildman–Crippen LogP) is 8.81. The van der Waals surface area contributed by atoms with Crippen LogP contribution in [0.5, 0.6) is 0 Å². The van der Waals surface area contributed by atoms with Crippen molar-refractivity contribution >= 4 is 10.0 Å². The summed E-state index contributed by atoms with van der Waals surface area (Å²) in [6, 6.07) is 44.0. The van der Waals surface area contributed by atoms with Crippen LogP contribution in [0.1, 0.15) is 0 Å². The van der Waals surface area contributed by atoms with Gasteiger partial charge in [0, 0.05) is 19.6 Å². The molecule has 0 atom stereocenters. The maximum Gasteiger partial charge on any atom is 0.123 e. The first kappa shape index (κ1) is 19.1. The maximum absolute atomic E-state index is 13.8. The van der Waals surface area contributed by atoms with Crippen molar-refractivity contribution in [2.24, 2.45) is 0 Å². The second-order valence-corrected chi connectivity index (χ2v) is 10.9. The van der Waals surface area contributed by atoms with Crippen molar-refractivity contribution in [2.45, 2.75) is 19.6 Å². The lowest BCUT2D eigenvalue weighted by Gasteiger charge is -2.40. The SMILES string of the molecule is Fc1ccc(-c2cccc3c2S(c2ccccc2)(c2ccccc2)c2ccccc2-3)cc1. The average molecular weight is 433 g/mol. The van der Waals surface area contributed by atoms with Gasteiger partial charge >= 0.3 is 0 Å². The molecular weight excluding hydrogens is 411 g/mol. The van der Waals surface area contributed by atoms with E-state index in [1.807, 2.05) is 12.1 Å². The van der Waals surface area contributed by atoms with Crippen molar-refractivity contribution in [2.75, 3.05) is 0 Å². The minimum Gasteiger partial charge on any atom is -0.207 e. The molecule has 0 bridgehead atoms. The Bertz CT molecular complexity index is 1370. The average Bonchev–Trinajstić information content (AvgIpc) is 3.17. The first-order chi connectivity index (χ1) is 15.8. The summed E-state index contributed by atoms with van der Waals surface area (Å²) in [6.07, 6.45) is 0. The zero-order valence-electron chi connectivity index (χ0n) is 17.4. The highest BCUT2D eigenvalue weighted by Gasteiger charge is 2.43. The molecule has 0 saturated heterocycles. The molecule has 0 aliphatic carbocycles. The lowest BCUT2D eigenvalue weighted by atomic mass is 9.99. The lowest BCUT2D eigenvalue weighted by Crippen LogP contribution is -2.03. The fourth-order valence-corrected chi connectivity index (χ4v) is 9.29. The normalized spacial score (nSPS) is 14.4. The third-order valence-electron chi connectivity index (χ3n) is 6.18. The van der Waals surface area contributed by atoms with Crippen molar-refractivity contribution in [1.82, 2.24) is 0 Å². The summed E-state index contributed by atoms with van der Waals surface area (Å²) in [7, 11) is -1.72. The van der Waals surface area contributed by atoms with E-state index in [4.69, 9.17) is 0 Å². The van der Waals surface area contributed by atoms with Gasteiger partial charge in [-0.3, -0.25) is 0 Å². The quantitative estimate of drug-likeness (QED) is 0.262. The first-order valence-corrected chi connectivity index (χ1v) is 12.4. The van der Waals surface area contributed by atoms with Gasteiger partial charge in [0.15, 0.2) is 0 Å². The van der Waals surface area contributed by atoms with Crippen LogP contribution in [0.25, 0.3) is 22.3 Å². The number of benzene rings is 5. The molecule has 32 heavy (non-hydrogen) atoms. The number of hydrogen-bond donors (Lipinski definition) is 0. The molecule has 5 aromatic carbocycles. The highest BCUT2D eigenvalue weighted by atomic mass is 32.3. The van der Waals surface area contributed by atoms with Gasteiger partial charge in [0.25, 0.3) is 0 Å².